The van der Waals surface area contributed by atoms with Gasteiger partial charge in [-0.05, 0) is 30.5 Å². The van der Waals surface area contributed by atoms with E-state index in [2.05, 4.69) is 0 Å². The Hall–Kier alpha value is -1.95. The number of ether oxygens (including phenoxy) is 2. The SMILES string of the molecule is O=C(OCc1ccc([N+](=O)[O-])cc1)C1CCCO1. The summed E-state index contributed by atoms with van der Waals surface area (Å²) in [4.78, 5) is 21.5. The molecule has 1 heterocycles. The summed E-state index contributed by atoms with van der Waals surface area (Å²) in [6.07, 6.45) is 1.11. The Morgan fingerprint density at radius 1 is 1.44 bits per heavy atom. The van der Waals surface area contributed by atoms with E-state index in [-0.39, 0.29) is 18.3 Å². The highest BCUT2D eigenvalue weighted by Gasteiger charge is 2.24. The molecule has 6 nitrogen and oxygen atoms in total. The molecule has 0 bridgehead atoms. The van der Waals surface area contributed by atoms with Crippen molar-refractivity contribution in [1.29, 1.82) is 0 Å². The average Bonchev–Trinajstić information content (AvgIpc) is 2.90. The largest absolute Gasteiger partial charge is 0.459 e. The summed E-state index contributed by atoms with van der Waals surface area (Å²) in [6, 6.07) is 5.91. The maximum Gasteiger partial charge on any atom is 0.335 e. The van der Waals surface area contributed by atoms with Crippen LogP contribution in [-0.4, -0.2) is 23.6 Å². The molecule has 1 aliphatic heterocycles. The lowest BCUT2D eigenvalue weighted by Gasteiger charge is -2.09. The lowest BCUT2D eigenvalue weighted by molar-refractivity contribution is -0.384. The van der Waals surface area contributed by atoms with E-state index in [1.807, 2.05) is 0 Å². The fraction of sp³-hybridized carbons (Fsp3) is 0.417. The first kappa shape index (κ1) is 12.5. The first-order chi connectivity index (χ1) is 8.66. The zero-order valence-electron chi connectivity index (χ0n) is 9.70. The Labute approximate surface area is 104 Å². The number of nitrogens with zero attached hydrogens (tertiary/aromatic N) is 1. The van der Waals surface area contributed by atoms with Gasteiger partial charge in [0.05, 0.1) is 4.92 Å². The van der Waals surface area contributed by atoms with Gasteiger partial charge >= 0.3 is 5.97 Å². The van der Waals surface area contributed by atoms with Gasteiger partial charge in [-0.15, -0.1) is 0 Å². The van der Waals surface area contributed by atoms with Crippen LogP contribution in [0.4, 0.5) is 5.69 Å². The lowest BCUT2D eigenvalue weighted by Crippen LogP contribution is -2.21. The van der Waals surface area contributed by atoms with E-state index in [0.29, 0.717) is 18.6 Å². The van der Waals surface area contributed by atoms with E-state index >= 15 is 0 Å². The van der Waals surface area contributed by atoms with Crippen molar-refractivity contribution < 1.29 is 19.2 Å². The van der Waals surface area contributed by atoms with Gasteiger partial charge in [0.25, 0.3) is 5.69 Å². The molecule has 1 aromatic rings. The van der Waals surface area contributed by atoms with Crippen molar-refractivity contribution in [2.24, 2.45) is 0 Å². The van der Waals surface area contributed by atoms with E-state index in [1.165, 1.54) is 12.1 Å². The van der Waals surface area contributed by atoms with E-state index < -0.39 is 11.0 Å². The summed E-state index contributed by atoms with van der Waals surface area (Å²) in [5.41, 5.74) is 0.733. The Bertz CT molecular complexity index is 436. The molecule has 1 aliphatic rings. The normalized spacial score (nSPS) is 18.6. The summed E-state index contributed by atoms with van der Waals surface area (Å²) in [6.45, 7) is 0.702. The molecular formula is C12H13NO5. The lowest BCUT2D eigenvalue weighted by atomic mass is 10.2. The molecular weight excluding hydrogens is 238 g/mol. The molecule has 96 valence electrons. The maximum absolute atomic E-state index is 11.5. The van der Waals surface area contributed by atoms with Crippen LogP contribution in [-0.2, 0) is 20.9 Å². The molecule has 6 heteroatoms. The zero-order chi connectivity index (χ0) is 13.0. The molecule has 0 radical (unpaired) electrons. The molecule has 1 unspecified atom stereocenters. The molecule has 1 saturated heterocycles. The van der Waals surface area contributed by atoms with Crippen LogP contribution in [0.15, 0.2) is 24.3 Å². The number of nitro groups is 1. The summed E-state index contributed by atoms with van der Waals surface area (Å²) in [5.74, 6) is -0.370. The number of benzene rings is 1. The number of rotatable bonds is 4. The minimum atomic E-state index is -0.470. The van der Waals surface area contributed by atoms with Gasteiger partial charge in [0.2, 0.25) is 0 Å². The van der Waals surface area contributed by atoms with E-state index in [0.717, 1.165) is 6.42 Å². The van der Waals surface area contributed by atoms with Crippen molar-refractivity contribution in [3.63, 3.8) is 0 Å². The molecule has 0 saturated carbocycles. The highest BCUT2D eigenvalue weighted by atomic mass is 16.6. The Morgan fingerprint density at radius 2 is 2.17 bits per heavy atom. The standard InChI is InChI=1S/C12H13NO5/c14-12(11-2-1-7-17-11)18-8-9-3-5-10(6-4-9)13(15)16/h3-6,11H,1-2,7-8H2. The number of esters is 1. The number of nitro benzene ring substituents is 1. The van der Waals surface area contributed by atoms with Gasteiger partial charge in [-0.25, -0.2) is 4.79 Å². The van der Waals surface area contributed by atoms with Gasteiger partial charge in [0.1, 0.15) is 6.61 Å². The molecule has 1 fully saturated rings. The van der Waals surface area contributed by atoms with Crippen LogP contribution in [0, 0.1) is 10.1 Å². The van der Waals surface area contributed by atoms with Crippen LogP contribution in [0.25, 0.3) is 0 Å². The molecule has 0 aromatic heterocycles. The topological polar surface area (TPSA) is 78.7 Å². The van der Waals surface area contributed by atoms with Gasteiger partial charge < -0.3 is 9.47 Å². The second kappa shape index (κ2) is 5.59. The van der Waals surface area contributed by atoms with E-state index in [4.69, 9.17) is 9.47 Å². The molecule has 18 heavy (non-hydrogen) atoms. The van der Waals surface area contributed by atoms with Crippen molar-refractivity contribution in [3.05, 3.63) is 39.9 Å². The average molecular weight is 251 g/mol. The van der Waals surface area contributed by atoms with Crippen LogP contribution in [0.3, 0.4) is 0 Å². The monoisotopic (exact) mass is 251 g/mol. The van der Waals surface area contributed by atoms with Crippen LogP contribution < -0.4 is 0 Å². The van der Waals surface area contributed by atoms with Crippen molar-refractivity contribution in [1.82, 2.24) is 0 Å². The van der Waals surface area contributed by atoms with Gasteiger partial charge in [0.15, 0.2) is 6.10 Å². The van der Waals surface area contributed by atoms with Crippen molar-refractivity contribution >= 4 is 11.7 Å². The zero-order valence-corrected chi connectivity index (χ0v) is 9.70. The van der Waals surface area contributed by atoms with Crippen LogP contribution >= 0.6 is 0 Å². The number of hydrogen-bond acceptors (Lipinski definition) is 5. The van der Waals surface area contributed by atoms with Gasteiger partial charge in [-0.3, -0.25) is 10.1 Å². The third-order valence-corrected chi connectivity index (χ3v) is 2.72. The van der Waals surface area contributed by atoms with Crippen LogP contribution in [0.2, 0.25) is 0 Å². The number of hydrogen-bond donors (Lipinski definition) is 0. The summed E-state index contributed by atoms with van der Waals surface area (Å²) < 4.78 is 10.3. The minimum absolute atomic E-state index is 0.0178. The highest BCUT2D eigenvalue weighted by Crippen LogP contribution is 2.16. The van der Waals surface area contributed by atoms with Gasteiger partial charge in [-0.1, -0.05) is 0 Å². The molecule has 2 rings (SSSR count). The van der Waals surface area contributed by atoms with E-state index in [1.54, 1.807) is 12.1 Å². The molecule has 0 N–H and O–H groups in total. The first-order valence-electron chi connectivity index (χ1n) is 5.68. The maximum atomic E-state index is 11.5. The Morgan fingerprint density at radius 3 is 2.72 bits per heavy atom. The molecule has 0 spiro atoms. The summed E-state index contributed by atoms with van der Waals surface area (Å²) >= 11 is 0. The summed E-state index contributed by atoms with van der Waals surface area (Å²) in [7, 11) is 0. The molecule has 0 amide bonds. The van der Waals surface area contributed by atoms with Crippen molar-refractivity contribution in [2.75, 3.05) is 6.61 Å². The Kier molecular flexibility index (Phi) is 3.88. The van der Waals surface area contributed by atoms with Crippen LogP contribution in [0.5, 0.6) is 0 Å². The second-order valence-electron chi connectivity index (χ2n) is 4.03. The highest BCUT2D eigenvalue weighted by molar-refractivity contribution is 5.74. The third kappa shape index (κ3) is 3.04. The predicted molar refractivity (Wildman–Crippen MR) is 61.9 cm³/mol. The molecule has 1 aromatic carbocycles. The molecule has 0 aliphatic carbocycles. The van der Waals surface area contributed by atoms with E-state index in [9.17, 15) is 14.9 Å². The second-order valence-corrected chi connectivity index (χ2v) is 4.03. The predicted octanol–water partition coefficient (Wildman–Crippen LogP) is 1.82. The summed E-state index contributed by atoms with van der Waals surface area (Å²) in [5, 5.41) is 10.5. The minimum Gasteiger partial charge on any atom is -0.459 e. The van der Waals surface area contributed by atoms with Gasteiger partial charge in [-0.2, -0.15) is 0 Å². The molecule has 1 atom stereocenters. The van der Waals surface area contributed by atoms with Crippen molar-refractivity contribution in [3.8, 4) is 0 Å². The van der Waals surface area contributed by atoms with Gasteiger partial charge in [0, 0.05) is 18.7 Å². The first-order valence-corrected chi connectivity index (χ1v) is 5.68. The fourth-order valence-corrected chi connectivity index (χ4v) is 1.72. The third-order valence-electron chi connectivity index (χ3n) is 2.72. The number of carbonyl (C=O) groups is 1. The number of carbonyl (C=O) groups excluding carboxylic acids is 1. The number of non-ortho nitro benzene ring substituents is 1. The smallest absolute Gasteiger partial charge is 0.335 e. The van der Waals surface area contributed by atoms with Crippen LogP contribution in [0.1, 0.15) is 18.4 Å². The quantitative estimate of drug-likeness (QED) is 0.463. The van der Waals surface area contributed by atoms with Crippen molar-refractivity contribution in [2.45, 2.75) is 25.6 Å². The Balaban J connectivity index is 1.86. The fourth-order valence-electron chi connectivity index (χ4n) is 1.72.